The highest BCUT2D eigenvalue weighted by Crippen LogP contribution is 2.17. The Hall–Kier alpha value is -2.30. The van der Waals surface area contributed by atoms with E-state index in [1.165, 1.54) is 11.9 Å². The molecule has 5 nitrogen and oxygen atoms in total. The standard InChI is InChI=1S/C11H9N5/c1-8-4-2-3-5-9(8)16-7-13-10-11(16)12-6-14-15-10/h2-7H,1H3. The molecule has 0 spiro atoms. The minimum absolute atomic E-state index is 0.561. The highest BCUT2D eigenvalue weighted by Gasteiger charge is 2.07. The molecule has 0 atom stereocenters. The number of para-hydroxylation sites is 1. The van der Waals surface area contributed by atoms with Gasteiger partial charge in [-0.2, -0.15) is 0 Å². The quantitative estimate of drug-likeness (QED) is 0.612. The third kappa shape index (κ3) is 1.25. The van der Waals surface area contributed by atoms with E-state index < -0.39 is 0 Å². The van der Waals surface area contributed by atoms with Gasteiger partial charge in [0.25, 0.3) is 0 Å². The molecule has 3 rings (SSSR count). The van der Waals surface area contributed by atoms with Crippen molar-refractivity contribution >= 4 is 11.3 Å². The zero-order valence-electron chi connectivity index (χ0n) is 8.70. The molecule has 0 aliphatic heterocycles. The lowest BCUT2D eigenvalue weighted by atomic mass is 10.2. The van der Waals surface area contributed by atoms with Crippen molar-refractivity contribution in [2.75, 3.05) is 0 Å². The predicted molar refractivity (Wildman–Crippen MR) is 59.2 cm³/mol. The summed E-state index contributed by atoms with van der Waals surface area (Å²) in [5, 5.41) is 7.62. The summed E-state index contributed by atoms with van der Waals surface area (Å²) in [6, 6.07) is 8.07. The predicted octanol–water partition coefficient (Wildman–Crippen LogP) is 1.52. The number of aromatic nitrogens is 5. The summed E-state index contributed by atoms with van der Waals surface area (Å²) in [6.45, 7) is 2.05. The summed E-state index contributed by atoms with van der Waals surface area (Å²) in [6.07, 6.45) is 3.15. The van der Waals surface area contributed by atoms with E-state index >= 15 is 0 Å². The van der Waals surface area contributed by atoms with E-state index in [1.807, 2.05) is 22.8 Å². The molecule has 0 saturated carbocycles. The van der Waals surface area contributed by atoms with Gasteiger partial charge in [0.15, 0.2) is 5.65 Å². The van der Waals surface area contributed by atoms with E-state index in [0.29, 0.717) is 5.65 Å². The first-order chi connectivity index (χ1) is 7.86. The van der Waals surface area contributed by atoms with Crippen LogP contribution in [0.25, 0.3) is 17.0 Å². The maximum absolute atomic E-state index is 4.19. The number of imidazole rings is 1. The van der Waals surface area contributed by atoms with Crippen molar-refractivity contribution in [2.45, 2.75) is 6.92 Å². The topological polar surface area (TPSA) is 56.5 Å². The van der Waals surface area contributed by atoms with Gasteiger partial charge in [-0.05, 0) is 18.6 Å². The third-order valence-electron chi connectivity index (χ3n) is 2.48. The van der Waals surface area contributed by atoms with Gasteiger partial charge >= 0.3 is 0 Å². The van der Waals surface area contributed by atoms with Crippen LogP contribution in [0.15, 0.2) is 36.9 Å². The Labute approximate surface area is 91.8 Å². The molecule has 0 radical (unpaired) electrons. The molecule has 1 aromatic carbocycles. The van der Waals surface area contributed by atoms with Crippen molar-refractivity contribution in [2.24, 2.45) is 0 Å². The normalized spacial score (nSPS) is 10.8. The lowest BCUT2D eigenvalue weighted by Gasteiger charge is -2.05. The second kappa shape index (κ2) is 3.37. The molecule has 0 aliphatic rings. The third-order valence-corrected chi connectivity index (χ3v) is 2.48. The Morgan fingerprint density at radius 1 is 1.12 bits per heavy atom. The number of aryl methyl sites for hydroxylation is 1. The first-order valence-electron chi connectivity index (χ1n) is 4.93. The fraction of sp³-hybridized carbons (Fsp3) is 0.0909. The smallest absolute Gasteiger partial charge is 0.219 e. The Balaban J connectivity index is 2.31. The van der Waals surface area contributed by atoms with Crippen molar-refractivity contribution < 1.29 is 0 Å². The minimum atomic E-state index is 0.561. The number of hydrogen-bond donors (Lipinski definition) is 0. The first-order valence-corrected chi connectivity index (χ1v) is 4.93. The summed E-state index contributed by atoms with van der Waals surface area (Å²) < 4.78 is 1.92. The van der Waals surface area contributed by atoms with Gasteiger partial charge in [0.1, 0.15) is 12.7 Å². The summed E-state index contributed by atoms with van der Waals surface area (Å²) in [4.78, 5) is 8.35. The lowest BCUT2D eigenvalue weighted by molar-refractivity contribution is 0.992. The van der Waals surface area contributed by atoms with Gasteiger partial charge in [-0.1, -0.05) is 18.2 Å². The van der Waals surface area contributed by atoms with Crippen molar-refractivity contribution in [1.82, 2.24) is 24.7 Å². The van der Waals surface area contributed by atoms with E-state index in [-0.39, 0.29) is 0 Å². The Kier molecular flexibility index (Phi) is 1.89. The van der Waals surface area contributed by atoms with Crippen molar-refractivity contribution in [3.8, 4) is 5.69 Å². The van der Waals surface area contributed by atoms with Crippen LogP contribution in [0.1, 0.15) is 5.56 Å². The zero-order valence-corrected chi connectivity index (χ0v) is 8.70. The van der Waals surface area contributed by atoms with Crippen LogP contribution < -0.4 is 0 Å². The molecule has 0 amide bonds. The van der Waals surface area contributed by atoms with E-state index in [1.54, 1.807) is 6.33 Å². The van der Waals surface area contributed by atoms with Crippen LogP contribution in [0, 0.1) is 6.92 Å². The molecular weight excluding hydrogens is 202 g/mol. The summed E-state index contributed by atoms with van der Waals surface area (Å²) in [7, 11) is 0. The molecule has 0 aliphatic carbocycles. The van der Waals surface area contributed by atoms with Gasteiger partial charge in [-0.15, -0.1) is 10.2 Å². The Morgan fingerprint density at radius 2 is 2.00 bits per heavy atom. The minimum Gasteiger partial charge on any atom is -0.282 e. The Bertz CT molecular complexity index is 643. The fourth-order valence-electron chi connectivity index (χ4n) is 1.69. The Morgan fingerprint density at radius 3 is 2.88 bits per heavy atom. The van der Waals surface area contributed by atoms with Crippen LogP contribution in [0.2, 0.25) is 0 Å². The van der Waals surface area contributed by atoms with Gasteiger partial charge in [0.2, 0.25) is 5.65 Å². The molecule has 0 unspecified atom stereocenters. The number of benzene rings is 1. The highest BCUT2D eigenvalue weighted by molar-refractivity contribution is 5.67. The van der Waals surface area contributed by atoms with E-state index in [2.05, 4.69) is 33.2 Å². The molecule has 0 saturated heterocycles. The largest absolute Gasteiger partial charge is 0.282 e. The lowest BCUT2D eigenvalue weighted by Crippen LogP contribution is -1.97. The van der Waals surface area contributed by atoms with Gasteiger partial charge in [0.05, 0.1) is 5.69 Å². The molecule has 3 aromatic rings. The summed E-state index contributed by atoms with van der Waals surface area (Å²) in [5.74, 6) is 0. The average Bonchev–Trinajstić information content (AvgIpc) is 2.74. The monoisotopic (exact) mass is 211 g/mol. The van der Waals surface area contributed by atoms with Crippen molar-refractivity contribution in [3.05, 3.63) is 42.5 Å². The molecule has 2 heterocycles. The molecule has 0 bridgehead atoms. The second-order valence-electron chi connectivity index (χ2n) is 3.51. The van der Waals surface area contributed by atoms with E-state index in [4.69, 9.17) is 0 Å². The van der Waals surface area contributed by atoms with Crippen LogP contribution in [-0.4, -0.2) is 24.7 Å². The maximum Gasteiger partial charge on any atom is 0.219 e. The van der Waals surface area contributed by atoms with Gasteiger partial charge in [-0.25, -0.2) is 9.97 Å². The molecule has 0 N–H and O–H groups in total. The highest BCUT2D eigenvalue weighted by atomic mass is 15.2. The molecule has 5 heteroatoms. The van der Waals surface area contributed by atoms with Crippen molar-refractivity contribution in [3.63, 3.8) is 0 Å². The molecule has 0 fully saturated rings. The average molecular weight is 211 g/mol. The van der Waals surface area contributed by atoms with Crippen LogP contribution in [-0.2, 0) is 0 Å². The maximum atomic E-state index is 4.19. The fourth-order valence-corrected chi connectivity index (χ4v) is 1.69. The SMILES string of the molecule is Cc1ccccc1-n1cnc2nncnc21. The van der Waals surface area contributed by atoms with Crippen molar-refractivity contribution in [1.29, 1.82) is 0 Å². The van der Waals surface area contributed by atoms with Gasteiger partial charge < -0.3 is 0 Å². The van der Waals surface area contributed by atoms with Crippen LogP contribution >= 0.6 is 0 Å². The van der Waals surface area contributed by atoms with Crippen LogP contribution in [0.4, 0.5) is 0 Å². The van der Waals surface area contributed by atoms with Crippen LogP contribution in [0.5, 0.6) is 0 Å². The summed E-state index contributed by atoms with van der Waals surface area (Å²) in [5.41, 5.74) is 3.51. The van der Waals surface area contributed by atoms with Gasteiger partial charge in [0, 0.05) is 0 Å². The van der Waals surface area contributed by atoms with Crippen LogP contribution in [0.3, 0.4) is 0 Å². The zero-order chi connectivity index (χ0) is 11.0. The summed E-state index contributed by atoms with van der Waals surface area (Å²) >= 11 is 0. The first kappa shape index (κ1) is 8.96. The number of fused-ring (bicyclic) bond motifs is 1. The molecule has 78 valence electrons. The second-order valence-corrected chi connectivity index (χ2v) is 3.51. The molecular formula is C11H9N5. The van der Waals surface area contributed by atoms with Gasteiger partial charge in [-0.3, -0.25) is 4.57 Å². The number of rotatable bonds is 1. The van der Waals surface area contributed by atoms with E-state index in [0.717, 1.165) is 11.3 Å². The van der Waals surface area contributed by atoms with E-state index in [9.17, 15) is 0 Å². The molecule has 2 aromatic heterocycles. The number of nitrogens with zero attached hydrogens (tertiary/aromatic N) is 5. The number of hydrogen-bond acceptors (Lipinski definition) is 4. The molecule has 16 heavy (non-hydrogen) atoms.